The Morgan fingerprint density at radius 2 is 2.07 bits per heavy atom. The lowest BCUT2D eigenvalue weighted by Gasteiger charge is -2.26. The summed E-state index contributed by atoms with van der Waals surface area (Å²) in [5, 5.41) is 3.44. The van der Waals surface area contributed by atoms with Crippen molar-refractivity contribution in [3.05, 3.63) is 40.0 Å². The minimum atomic E-state index is -0.244. The van der Waals surface area contributed by atoms with Crippen molar-refractivity contribution in [2.75, 3.05) is 37.0 Å². The normalized spacial score (nSPS) is 19.6. The highest BCUT2D eigenvalue weighted by Crippen LogP contribution is 2.29. The quantitative estimate of drug-likeness (QED) is 0.780. The SMILES string of the molecule is CC1=C(C(=O)N(CC(=O)NC[C@@H]2CCCO2)c2ccc(Cl)cc2)SCCO1. The van der Waals surface area contributed by atoms with Gasteiger partial charge in [-0.25, -0.2) is 0 Å². The molecule has 8 heteroatoms. The molecule has 2 amide bonds. The van der Waals surface area contributed by atoms with Gasteiger partial charge in [0.15, 0.2) is 0 Å². The average molecular weight is 411 g/mol. The molecule has 1 aromatic rings. The summed E-state index contributed by atoms with van der Waals surface area (Å²) in [6.45, 7) is 3.47. The van der Waals surface area contributed by atoms with Crippen LogP contribution in [-0.2, 0) is 19.1 Å². The number of hydrogen-bond acceptors (Lipinski definition) is 5. The van der Waals surface area contributed by atoms with Crippen LogP contribution in [0, 0.1) is 0 Å². The summed E-state index contributed by atoms with van der Waals surface area (Å²) in [4.78, 5) is 27.6. The topological polar surface area (TPSA) is 67.9 Å². The first-order valence-electron chi connectivity index (χ1n) is 8.97. The zero-order valence-corrected chi connectivity index (χ0v) is 16.8. The molecule has 6 nitrogen and oxygen atoms in total. The lowest BCUT2D eigenvalue weighted by atomic mass is 10.2. The molecule has 1 atom stereocenters. The summed E-state index contributed by atoms with van der Waals surface area (Å²) >= 11 is 7.42. The molecule has 2 heterocycles. The summed E-state index contributed by atoms with van der Waals surface area (Å²) in [6, 6.07) is 6.87. The number of amides is 2. The average Bonchev–Trinajstić information content (AvgIpc) is 3.19. The van der Waals surface area contributed by atoms with Crippen LogP contribution in [0.25, 0.3) is 0 Å². The van der Waals surface area contributed by atoms with Gasteiger partial charge in [-0.1, -0.05) is 11.6 Å². The number of benzene rings is 1. The van der Waals surface area contributed by atoms with Crippen LogP contribution in [0.4, 0.5) is 5.69 Å². The molecule has 1 aromatic carbocycles. The van der Waals surface area contributed by atoms with Crippen molar-refractivity contribution in [1.29, 1.82) is 0 Å². The van der Waals surface area contributed by atoms with E-state index in [0.717, 1.165) is 19.4 Å². The van der Waals surface area contributed by atoms with Crippen molar-refractivity contribution in [3.8, 4) is 0 Å². The number of halogens is 1. The van der Waals surface area contributed by atoms with Crippen LogP contribution in [0.3, 0.4) is 0 Å². The molecule has 146 valence electrons. The van der Waals surface area contributed by atoms with Crippen LogP contribution < -0.4 is 10.2 Å². The van der Waals surface area contributed by atoms with Crippen molar-refractivity contribution < 1.29 is 19.1 Å². The van der Waals surface area contributed by atoms with Crippen molar-refractivity contribution in [1.82, 2.24) is 5.32 Å². The fourth-order valence-electron chi connectivity index (χ4n) is 2.97. The number of nitrogens with one attached hydrogen (secondary N) is 1. The monoisotopic (exact) mass is 410 g/mol. The summed E-state index contributed by atoms with van der Waals surface area (Å²) in [5.74, 6) is 0.827. The number of carbonyl (C=O) groups excluding carboxylic acids is 2. The maximum absolute atomic E-state index is 13.1. The number of ether oxygens (including phenoxy) is 2. The number of thioether (sulfide) groups is 1. The number of rotatable bonds is 6. The molecule has 27 heavy (non-hydrogen) atoms. The zero-order chi connectivity index (χ0) is 19.2. The van der Waals surface area contributed by atoms with E-state index >= 15 is 0 Å². The molecule has 1 fully saturated rings. The Morgan fingerprint density at radius 1 is 1.30 bits per heavy atom. The van der Waals surface area contributed by atoms with E-state index in [1.807, 2.05) is 0 Å². The van der Waals surface area contributed by atoms with Crippen LogP contribution in [-0.4, -0.2) is 50.0 Å². The molecule has 0 bridgehead atoms. The van der Waals surface area contributed by atoms with Gasteiger partial charge in [-0.15, -0.1) is 11.8 Å². The van der Waals surface area contributed by atoms with Gasteiger partial charge in [0.2, 0.25) is 5.91 Å². The number of nitrogens with zero attached hydrogens (tertiary/aromatic N) is 1. The third kappa shape index (κ3) is 5.40. The molecule has 3 rings (SSSR count). The number of carbonyl (C=O) groups is 2. The second-order valence-electron chi connectivity index (χ2n) is 6.39. The predicted molar refractivity (Wildman–Crippen MR) is 107 cm³/mol. The van der Waals surface area contributed by atoms with E-state index in [0.29, 0.717) is 40.3 Å². The minimum Gasteiger partial charge on any atom is -0.496 e. The Morgan fingerprint density at radius 3 is 2.74 bits per heavy atom. The van der Waals surface area contributed by atoms with Gasteiger partial charge in [-0.3, -0.25) is 14.5 Å². The Bertz CT molecular complexity index is 717. The highest BCUT2D eigenvalue weighted by atomic mass is 35.5. The third-order valence-electron chi connectivity index (χ3n) is 4.40. The predicted octanol–water partition coefficient (Wildman–Crippen LogP) is 2.96. The van der Waals surface area contributed by atoms with E-state index in [9.17, 15) is 9.59 Å². The molecule has 0 aromatic heterocycles. The first kappa shape index (κ1) is 20.0. The van der Waals surface area contributed by atoms with Crippen molar-refractivity contribution in [3.63, 3.8) is 0 Å². The molecule has 0 radical (unpaired) electrons. The largest absolute Gasteiger partial charge is 0.496 e. The first-order chi connectivity index (χ1) is 13.0. The van der Waals surface area contributed by atoms with Gasteiger partial charge in [0.25, 0.3) is 5.91 Å². The summed E-state index contributed by atoms with van der Waals surface area (Å²) in [5.41, 5.74) is 0.614. The molecule has 0 saturated carbocycles. The van der Waals surface area contributed by atoms with Gasteiger partial charge in [0, 0.05) is 29.6 Å². The minimum absolute atomic E-state index is 0.0564. The van der Waals surface area contributed by atoms with Crippen molar-refractivity contribution in [2.45, 2.75) is 25.9 Å². The lowest BCUT2D eigenvalue weighted by Crippen LogP contribution is -2.43. The van der Waals surface area contributed by atoms with Crippen molar-refractivity contribution in [2.24, 2.45) is 0 Å². The Kier molecular flexibility index (Phi) is 7.04. The molecule has 0 aliphatic carbocycles. The molecule has 1 saturated heterocycles. The number of hydrogen-bond donors (Lipinski definition) is 1. The standard InChI is InChI=1S/C19H23ClN2O4S/c1-13-18(27-10-9-25-13)19(24)22(15-6-4-14(20)5-7-15)12-17(23)21-11-16-3-2-8-26-16/h4-7,16H,2-3,8-12H2,1H3,(H,21,23)/t16-/m0/s1. The summed E-state index contributed by atoms with van der Waals surface area (Å²) in [7, 11) is 0. The van der Waals surface area contributed by atoms with E-state index in [1.165, 1.54) is 16.7 Å². The van der Waals surface area contributed by atoms with Gasteiger partial charge in [-0.05, 0) is 44.0 Å². The van der Waals surface area contributed by atoms with E-state index < -0.39 is 0 Å². The van der Waals surface area contributed by atoms with E-state index in [4.69, 9.17) is 21.1 Å². The molecule has 1 N–H and O–H groups in total. The number of allylic oxidation sites excluding steroid dienone is 1. The molecule has 0 unspecified atom stereocenters. The van der Waals surface area contributed by atoms with E-state index in [2.05, 4.69) is 5.32 Å². The molecule has 0 spiro atoms. The smallest absolute Gasteiger partial charge is 0.268 e. The maximum Gasteiger partial charge on any atom is 0.268 e. The fourth-order valence-corrected chi connectivity index (χ4v) is 3.97. The Hall–Kier alpha value is -1.70. The van der Waals surface area contributed by atoms with Gasteiger partial charge in [-0.2, -0.15) is 0 Å². The second-order valence-corrected chi connectivity index (χ2v) is 7.93. The summed E-state index contributed by atoms with van der Waals surface area (Å²) in [6.07, 6.45) is 2.02. The second kappa shape index (κ2) is 9.48. The fraction of sp³-hybridized carbons (Fsp3) is 0.474. The Balaban J connectivity index is 1.73. The lowest BCUT2D eigenvalue weighted by molar-refractivity contribution is -0.122. The van der Waals surface area contributed by atoms with E-state index in [-0.39, 0.29) is 24.5 Å². The molecular weight excluding hydrogens is 388 g/mol. The van der Waals surface area contributed by atoms with Crippen LogP contribution in [0.2, 0.25) is 5.02 Å². The van der Waals surface area contributed by atoms with Gasteiger partial charge in [0.05, 0.1) is 12.7 Å². The molecule has 2 aliphatic heterocycles. The molecular formula is C19H23ClN2O4S. The van der Waals surface area contributed by atoms with Gasteiger partial charge >= 0.3 is 0 Å². The zero-order valence-electron chi connectivity index (χ0n) is 15.2. The summed E-state index contributed by atoms with van der Waals surface area (Å²) < 4.78 is 11.0. The van der Waals surface area contributed by atoms with E-state index in [1.54, 1.807) is 31.2 Å². The van der Waals surface area contributed by atoms with Crippen LogP contribution in [0.5, 0.6) is 0 Å². The van der Waals surface area contributed by atoms with Gasteiger partial charge in [0.1, 0.15) is 17.2 Å². The molecule has 2 aliphatic rings. The first-order valence-corrected chi connectivity index (χ1v) is 10.3. The van der Waals surface area contributed by atoms with Crippen LogP contribution in [0.1, 0.15) is 19.8 Å². The maximum atomic E-state index is 13.1. The number of anilines is 1. The highest BCUT2D eigenvalue weighted by Gasteiger charge is 2.27. The van der Waals surface area contributed by atoms with Crippen LogP contribution >= 0.6 is 23.4 Å². The van der Waals surface area contributed by atoms with Crippen LogP contribution in [0.15, 0.2) is 34.9 Å². The highest BCUT2D eigenvalue weighted by molar-refractivity contribution is 8.04. The van der Waals surface area contributed by atoms with Crippen molar-refractivity contribution >= 4 is 40.9 Å². The third-order valence-corrected chi connectivity index (χ3v) is 5.77. The Labute approximate surface area is 168 Å². The van der Waals surface area contributed by atoms with Gasteiger partial charge < -0.3 is 14.8 Å².